The Morgan fingerprint density at radius 2 is 1.95 bits per heavy atom. The number of amides is 1. The maximum absolute atomic E-state index is 12.3. The van der Waals surface area contributed by atoms with Gasteiger partial charge in [0.15, 0.2) is 0 Å². The molecule has 1 aromatic rings. The van der Waals surface area contributed by atoms with Crippen LogP contribution in [-0.4, -0.2) is 29.2 Å². The van der Waals surface area contributed by atoms with Crippen LogP contribution in [0.2, 0.25) is 0 Å². The summed E-state index contributed by atoms with van der Waals surface area (Å²) in [7, 11) is 0. The average Bonchev–Trinajstić information content (AvgIpc) is 2.45. The van der Waals surface area contributed by atoms with E-state index >= 15 is 0 Å². The van der Waals surface area contributed by atoms with Crippen LogP contribution in [0.15, 0.2) is 30.3 Å². The van der Waals surface area contributed by atoms with E-state index in [-0.39, 0.29) is 12.1 Å². The first-order valence-electron chi connectivity index (χ1n) is 7.52. The summed E-state index contributed by atoms with van der Waals surface area (Å²) < 4.78 is 5.48. The van der Waals surface area contributed by atoms with Crippen LogP contribution < -0.4 is 0 Å². The Morgan fingerprint density at radius 3 is 2.62 bits per heavy atom. The normalized spacial score (nSPS) is 18.6. The Bertz CT molecular complexity index is 534. The molecular formula is C18H23NO2. The van der Waals surface area contributed by atoms with E-state index in [1.165, 1.54) is 0 Å². The van der Waals surface area contributed by atoms with E-state index in [1.807, 2.05) is 51.1 Å². The van der Waals surface area contributed by atoms with Crippen LogP contribution in [0.3, 0.4) is 0 Å². The summed E-state index contributed by atoms with van der Waals surface area (Å²) in [5.74, 6) is 6.39. The third-order valence-corrected chi connectivity index (χ3v) is 3.29. The highest BCUT2D eigenvalue weighted by molar-refractivity contribution is 5.69. The molecule has 112 valence electrons. The third kappa shape index (κ3) is 4.82. The second-order valence-electron chi connectivity index (χ2n) is 6.32. The van der Waals surface area contributed by atoms with Crippen molar-refractivity contribution in [3.8, 4) is 11.8 Å². The lowest BCUT2D eigenvalue weighted by Crippen LogP contribution is -2.45. The lowest BCUT2D eigenvalue weighted by molar-refractivity contribution is 0.0158. The molecular weight excluding hydrogens is 262 g/mol. The highest BCUT2D eigenvalue weighted by Gasteiger charge is 2.29. The molecule has 1 fully saturated rings. The molecule has 3 heteroatoms. The number of likely N-dealkylation sites (tertiary alicyclic amines) is 1. The summed E-state index contributed by atoms with van der Waals surface area (Å²) >= 11 is 0. The van der Waals surface area contributed by atoms with E-state index in [4.69, 9.17) is 4.74 Å². The van der Waals surface area contributed by atoms with Crippen molar-refractivity contribution in [1.29, 1.82) is 0 Å². The first-order chi connectivity index (χ1) is 9.96. The van der Waals surface area contributed by atoms with Crippen LogP contribution in [0.5, 0.6) is 0 Å². The van der Waals surface area contributed by atoms with Crippen molar-refractivity contribution < 1.29 is 9.53 Å². The van der Waals surface area contributed by atoms with Gasteiger partial charge in [-0.1, -0.05) is 30.0 Å². The van der Waals surface area contributed by atoms with Crippen molar-refractivity contribution in [2.75, 3.05) is 6.54 Å². The predicted molar refractivity (Wildman–Crippen MR) is 83.9 cm³/mol. The minimum Gasteiger partial charge on any atom is -0.444 e. The molecule has 0 aromatic heterocycles. The minimum atomic E-state index is -0.466. The summed E-state index contributed by atoms with van der Waals surface area (Å²) in [6.45, 7) is 6.39. The summed E-state index contributed by atoms with van der Waals surface area (Å²) in [5, 5.41) is 0. The maximum Gasteiger partial charge on any atom is 0.411 e. The molecule has 1 saturated heterocycles. The number of carbonyl (C=O) groups excluding carboxylic acids is 1. The van der Waals surface area contributed by atoms with Gasteiger partial charge in [0.1, 0.15) is 5.60 Å². The fourth-order valence-electron chi connectivity index (χ4n) is 2.31. The van der Waals surface area contributed by atoms with E-state index in [9.17, 15) is 4.79 Å². The number of nitrogens with zero attached hydrogens (tertiary/aromatic N) is 1. The molecule has 1 amide bonds. The first-order valence-corrected chi connectivity index (χ1v) is 7.52. The SMILES string of the molecule is CC(C)(C)OC(=O)N1CCCC[C@@H]1C#Cc1ccccc1. The molecule has 0 aliphatic carbocycles. The molecule has 0 radical (unpaired) electrons. The van der Waals surface area contributed by atoms with Gasteiger partial charge in [0.25, 0.3) is 0 Å². The van der Waals surface area contributed by atoms with E-state index in [2.05, 4.69) is 11.8 Å². The van der Waals surface area contributed by atoms with Gasteiger partial charge in [0.2, 0.25) is 0 Å². The second kappa shape index (κ2) is 6.67. The van der Waals surface area contributed by atoms with Gasteiger partial charge in [-0.15, -0.1) is 0 Å². The van der Waals surface area contributed by atoms with Crippen LogP contribution in [0.1, 0.15) is 45.6 Å². The van der Waals surface area contributed by atoms with E-state index in [0.29, 0.717) is 0 Å². The van der Waals surface area contributed by atoms with Gasteiger partial charge in [0, 0.05) is 12.1 Å². The molecule has 21 heavy (non-hydrogen) atoms. The lowest BCUT2D eigenvalue weighted by Gasteiger charge is -2.34. The number of benzene rings is 1. The Balaban J connectivity index is 2.09. The number of hydrogen-bond acceptors (Lipinski definition) is 2. The zero-order chi connectivity index (χ0) is 15.3. The zero-order valence-electron chi connectivity index (χ0n) is 13.1. The summed E-state index contributed by atoms with van der Waals surface area (Å²) in [6.07, 6.45) is 2.78. The van der Waals surface area contributed by atoms with E-state index in [0.717, 1.165) is 31.4 Å². The molecule has 0 bridgehead atoms. The predicted octanol–water partition coefficient (Wildman–Crippen LogP) is 3.83. The molecule has 3 nitrogen and oxygen atoms in total. The molecule has 0 spiro atoms. The summed E-state index contributed by atoms with van der Waals surface area (Å²) in [5.41, 5.74) is 0.513. The first kappa shape index (κ1) is 15.4. The number of piperidine rings is 1. The molecule has 0 unspecified atom stereocenters. The summed E-state index contributed by atoms with van der Waals surface area (Å²) in [6, 6.07) is 9.82. The summed E-state index contributed by atoms with van der Waals surface area (Å²) in [4.78, 5) is 14.0. The maximum atomic E-state index is 12.3. The largest absolute Gasteiger partial charge is 0.444 e. The van der Waals surface area contributed by atoms with Crippen LogP contribution >= 0.6 is 0 Å². The van der Waals surface area contributed by atoms with E-state index < -0.39 is 5.60 Å². The number of ether oxygens (including phenoxy) is 1. The molecule has 1 aliphatic heterocycles. The van der Waals surface area contributed by atoms with E-state index in [1.54, 1.807) is 4.90 Å². The molecule has 1 aromatic carbocycles. The van der Waals surface area contributed by atoms with Gasteiger partial charge in [-0.25, -0.2) is 4.79 Å². The smallest absolute Gasteiger partial charge is 0.411 e. The Labute approximate surface area is 127 Å². The molecule has 0 N–H and O–H groups in total. The van der Waals surface area contributed by atoms with Crippen molar-refractivity contribution in [3.05, 3.63) is 35.9 Å². The minimum absolute atomic E-state index is 0.0474. The van der Waals surface area contributed by atoms with Crippen molar-refractivity contribution >= 4 is 6.09 Å². The average molecular weight is 285 g/mol. The fraction of sp³-hybridized carbons (Fsp3) is 0.500. The van der Waals surface area contributed by atoms with Gasteiger partial charge in [-0.3, -0.25) is 4.90 Å². The van der Waals surface area contributed by atoms with Gasteiger partial charge >= 0.3 is 6.09 Å². The van der Waals surface area contributed by atoms with Crippen molar-refractivity contribution in [3.63, 3.8) is 0 Å². The number of carbonyl (C=O) groups is 1. The van der Waals surface area contributed by atoms with Crippen LogP contribution in [0.25, 0.3) is 0 Å². The quantitative estimate of drug-likeness (QED) is 0.678. The highest BCUT2D eigenvalue weighted by Crippen LogP contribution is 2.20. The van der Waals surface area contributed by atoms with Crippen molar-refractivity contribution in [2.45, 2.75) is 51.7 Å². The van der Waals surface area contributed by atoms with Crippen molar-refractivity contribution in [1.82, 2.24) is 4.90 Å². The van der Waals surface area contributed by atoms with Gasteiger partial charge in [0.05, 0.1) is 6.04 Å². The second-order valence-corrected chi connectivity index (χ2v) is 6.32. The Hall–Kier alpha value is -1.95. The van der Waals surface area contributed by atoms with Crippen LogP contribution in [0, 0.1) is 11.8 Å². The third-order valence-electron chi connectivity index (χ3n) is 3.29. The molecule has 0 saturated carbocycles. The molecule has 1 heterocycles. The Morgan fingerprint density at radius 1 is 1.24 bits per heavy atom. The number of hydrogen-bond donors (Lipinski definition) is 0. The highest BCUT2D eigenvalue weighted by atomic mass is 16.6. The van der Waals surface area contributed by atoms with Crippen molar-refractivity contribution in [2.24, 2.45) is 0 Å². The topological polar surface area (TPSA) is 29.5 Å². The van der Waals surface area contributed by atoms with Gasteiger partial charge < -0.3 is 4.74 Å². The fourth-order valence-corrected chi connectivity index (χ4v) is 2.31. The van der Waals surface area contributed by atoms with Gasteiger partial charge in [-0.05, 0) is 52.2 Å². The molecule has 2 rings (SSSR count). The zero-order valence-corrected chi connectivity index (χ0v) is 13.1. The molecule has 1 aliphatic rings. The van der Waals surface area contributed by atoms with Crippen LogP contribution in [-0.2, 0) is 4.74 Å². The van der Waals surface area contributed by atoms with Crippen LogP contribution in [0.4, 0.5) is 4.79 Å². The van der Waals surface area contributed by atoms with Gasteiger partial charge in [-0.2, -0.15) is 0 Å². The Kier molecular flexibility index (Phi) is 4.90. The molecule has 1 atom stereocenters. The standard InChI is InChI=1S/C18H23NO2/c1-18(2,3)21-17(20)19-14-8-7-11-16(19)13-12-15-9-5-4-6-10-15/h4-6,9-10,16H,7-8,11,14H2,1-3H3/t16-/m1/s1. The monoisotopic (exact) mass is 285 g/mol. The lowest BCUT2D eigenvalue weighted by atomic mass is 10.0. The number of rotatable bonds is 0.